The van der Waals surface area contributed by atoms with Crippen molar-refractivity contribution >= 4 is 11.6 Å². The quantitative estimate of drug-likeness (QED) is 0.419. The average Bonchev–Trinajstić information content (AvgIpc) is 1.68. The summed E-state index contributed by atoms with van der Waals surface area (Å²) in [6, 6.07) is 0.225. The van der Waals surface area contributed by atoms with Gasteiger partial charge in [-0.05, 0) is 6.92 Å². The zero-order chi connectivity index (χ0) is 6.41. The zero-order valence-corrected chi connectivity index (χ0v) is 5.61. The van der Waals surface area contributed by atoms with Crippen LogP contribution in [0, 0.1) is 12.3 Å². The van der Waals surface area contributed by atoms with E-state index in [0.717, 1.165) is 0 Å². The highest BCUT2D eigenvalue weighted by atomic mass is 35.5. The summed E-state index contributed by atoms with van der Waals surface area (Å²) < 4.78 is 4.91. The molecule has 0 rings (SSSR count). The van der Waals surface area contributed by atoms with Crippen molar-refractivity contribution in [3.05, 3.63) is 0 Å². The molecule has 0 N–H and O–H groups in total. The van der Waals surface area contributed by atoms with E-state index >= 15 is 0 Å². The van der Waals surface area contributed by atoms with Gasteiger partial charge >= 0.3 is 0 Å². The molecule has 0 fully saturated rings. The Morgan fingerprint density at radius 3 is 2.88 bits per heavy atom. The SMILES string of the molecule is C#CCC(C)OCCl. The number of hydrogen-bond acceptors (Lipinski definition) is 1. The second kappa shape index (κ2) is 4.96. The number of terminal acetylenes is 1. The second-order valence-corrected chi connectivity index (χ2v) is 1.71. The van der Waals surface area contributed by atoms with Gasteiger partial charge in [-0.15, -0.1) is 12.3 Å². The van der Waals surface area contributed by atoms with Crippen molar-refractivity contribution in [1.82, 2.24) is 0 Å². The van der Waals surface area contributed by atoms with Crippen LogP contribution in [0.3, 0.4) is 0 Å². The fraction of sp³-hybridized carbons (Fsp3) is 0.667. The molecule has 1 unspecified atom stereocenters. The molecule has 2 heteroatoms. The van der Waals surface area contributed by atoms with Crippen molar-refractivity contribution in [3.8, 4) is 12.3 Å². The number of hydrogen-bond donors (Lipinski definition) is 0. The van der Waals surface area contributed by atoms with Crippen LogP contribution in [0.1, 0.15) is 13.3 Å². The van der Waals surface area contributed by atoms with E-state index in [2.05, 4.69) is 5.92 Å². The normalized spacial score (nSPS) is 12.6. The molecule has 0 spiro atoms. The van der Waals surface area contributed by atoms with E-state index in [-0.39, 0.29) is 12.2 Å². The topological polar surface area (TPSA) is 9.23 Å². The lowest BCUT2D eigenvalue weighted by atomic mass is 10.3. The van der Waals surface area contributed by atoms with Gasteiger partial charge in [-0.1, -0.05) is 11.6 Å². The fourth-order valence-electron chi connectivity index (χ4n) is 0.332. The first kappa shape index (κ1) is 7.81. The minimum Gasteiger partial charge on any atom is -0.362 e. The summed E-state index contributed by atoms with van der Waals surface area (Å²) in [5.74, 6) is 2.47. The van der Waals surface area contributed by atoms with E-state index < -0.39 is 0 Å². The van der Waals surface area contributed by atoms with E-state index in [1.165, 1.54) is 0 Å². The van der Waals surface area contributed by atoms with Gasteiger partial charge in [0.1, 0.15) is 6.07 Å². The lowest BCUT2D eigenvalue weighted by molar-refractivity contribution is 0.106. The van der Waals surface area contributed by atoms with Crippen molar-refractivity contribution < 1.29 is 4.74 Å². The van der Waals surface area contributed by atoms with Gasteiger partial charge in [0.15, 0.2) is 0 Å². The Hall–Kier alpha value is -0.190. The molecule has 1 nitrogen and oxygen atoms in total. The maximum absolute atomic E-state index is 5.24. The van der Waals surface area contributed by atoms with Crippen LogP contribution in [-0.2, 0) is 4.74 Å². The predicted molar refractivity (Wildman–Crippen MR) is 34.7 cm³/mol. The van der Waals surface area contributed by atoms with E-state index in [1.54, 1.807) is 0 Å². The highest BCUT2D eigenvalue weighted by molar-refractivity contribution is 6.17. The van der Waals surface area contributed by atoms with Crippen LogP contribution in [0.5, 0.6) is 0 Å². The molecule has 1 atom stereocenters. The number of ether oxygens (including phenoxy) is 1. The maximum Gasteiger partial charge on any atom is 0.121 e. The van der Waals surface area contributed by atoms with Crippen LogP contribution in [0.4, 0.5) is 0 Å². The Bertz CT molecular complexity index is 85.0. The van der Waals surface area contributed by atoms with Gasteiger partial charge in [0.05, 0.1) is 6.10 Å². The van der Waals surface area contributed by atoms with Crippen molar-refractivity contribution in [1.29, 1.82) is 0 Å². The largest absolute Gasteiger partial charge is 0.362 e. The molecule has 0 aromatic carbocycles. The molecule has 0 aliphatic rings. The number of alkyl halides is 1. The first-order valence-electron chi connectivity index (χ1n) is 2.42. The summed E-state index contributed by atoms with van der Waals surface area (Å²) in [7, 11) is 0. The molecular weight excluding hydrogens is 124 g/mol. The smallest absolute Gasteiger partial charge is 0.121 e. The first-order chi connectivity index (χ1) is 3.81. The molecule has 0 heterocycles. The fourth-order valence-corrected chi connectivity index (χ4v) is 0.548. The van der Waals surface area contributed by atoms with Crippen LogP contribution in [-0.4, -0.2) is 12.2 Å². The van der Waals surface area contributed by atoms with Gasteiger partial charge in [0.2, 0.25) is 0 Å². The molecule has 0 aliphatic heterocycles. The lowest BCUT2D eigenvalue weighted by Gasteiger charge is -2.04. The summed E-state index contributed by atoms with van der Waals surface area (Å²) in [5, 5.41) is 0. The van der Waals surface area contributed by atoms with Gasteiger partial charge in [-0.3, -0.25) is 0 Å². The molecule has 0 amide bonds. The van der Waals surface area contributed by atoms with Crippen LogP contribution < -0.4 is 0 Å². The van der Waals surface area contributed by atoms with E-state index in [4.69, 9.17) is 22.8 Å². The van der Waals surface area contributed by atoms with Crippen LogP contribution in [0.15, 0.2) is 0 Å². The number of halogens is 1. The van der Waals surface area contributed by atoms with Gasteiger partial charge in [-0.2, -0.15) is 0 Å². The molecule has 0 aromatic heterocycles. The summed E-state index contributed by atoms with van der Waals surface area (Å²) in [6.07, 6.45) is 5.71. The summed E-state index contributed by atoms with van der Waals surface area (Å²) in [6.45, 7) is 1.89. The van der Waals surface area contributed by atoms with Crippen molar-refractivity contribution in [2.24, 2.45) is 0 Å². The minimum atomic E-state index is 0.0949. The summed E-state index contributed by atoms with van der Waals surface area (Å²) >= 11 is 5.24. The molecule has 46 valence electrons. The molecule has 0 bridgehead atoms. The minimum absolute atomic E-state index is 0.0949. The van der Waals surface area contributed by atoms with Crippen LogP contribution in [0.2, 0.25) is 0 Å². The maximum atomic E-state index is 5.24. The molecule has 0 saturated carbocycles. The van der Waals surface area contributed by atoms with Gasteiger partial charge in [0.25, 0.3) is 0 Å². The Balaban J connectivity index is 3.08. The van der Waals surface area contributed by atoms with Gasteiger partial charge in [0, 0.05) is 6.42 Å². The van der Waals surface area contributed by atoms with Crippen molar-refractivity contribution in [2.45, 2.75) is 19.4 Å². The third-order valence-electron chi connectivity index (χ3n) is 0.753. The zero-order valence-electron chi connectivity index (χ0n) is 4.86. The van der Waals surface area contributed by atoms with E-state index in [0.29, 0.717) is 6.42 Å². The Kier molecular flexibility index (Phi) is 4.84. The highest BCUT2D eigenvalue weighted by Gasteiger charge is 1.95. The molecular formula is C6H9ClO. The van der Waals surface area contributed by atoms with E-state index in [1.807, 2.05) is 6.92 Å². The average molecular weight is 133 g/mol. The Labute approximate surface area is 55.0 Å². The van der Waals surface area contributed by atoms with Gasteiger partial charge < -0.3 is 4.74 Å². The van der Waals surface area contributed by atoms with Crippen LogP contribution in [0.25, 0.3) is 0 Å². The highest BCUT2D eigenvalue weighted by Crippen LogP contribution is 1.95. The van der Waals surface area contributed by atoms with Crippen molar-refractivity contribution in [2.75, 3.05) is 6.07 Å². The van der Waals surface area contributed by atoms with Gasteiger partial charge in [-0.25, -0.2) is 0 Å². The Morgan fingerprint density at radius 2 is 2.50 bits per heavy atom. The molecule has 0 aliphatic carbocycles. The van der Waals surface area contributed by atoms with Crippen molar-refractivity contribution in [3.63, 3.8) is 0 Å². The monoisotopic (exact) mass is 132 g/mol. The standard InChI is InChI=1S/C6H9ClO/c1-3-4-6(2)8-5-7/h1,6H,4-5H2,2H3. The first-order valence-corrected chi connectivity index (χ1v) is 2.95. The van der Waals surface area contributed by atoms with Crippen LogP contribution >= 0.6 is 11.6 Å². The summed E-state index contributed by atoms with van der Waals surface area (Å²) in [5.41, 5.74) is 0. The molecule has 0 saturated heterocycles. The Morgan fingerprint density at radius 1 is 1.88 bits per heavy atom. The third kappa shape index (κ3) is 3.98. The molecule has 8 heavy (non-hydrogen) atoms. The number of rotatable bonds is 3. The second-order valence-electron chi connectivity index (χ2n) is 1.49. The third-order valence-corrected chi connectivity index (χ3v) is 0.879. The molecule has 0 aromatic rings. The summed E-state index contributed by atoms with van der Waals surface area (Å²) in [4.78, 5) is 0. The predicted octanol–water partition coefficient (Wildman–Crippen LogP) is 1.61. The molecule has 0 radical (unpaired) electrons. The van der Waals surface area contributed by atoms with E-state index in [9.17, 15) is 0 Å². The lowest BCUT2D eigenvalue weighted by Crippen LogP contribution is -2.04.